The number of H-pyrrole nitrogens is 1. The summed E-state index contributed by atoms with van der Waals surface area (Å²) in [5.41, 5.74) is 11.8. The zero-order chi connectivity index (χ0) is 45.9. The Morgan fingerprint density at radius 3 is 2.08 bits per heavy atom. The second-order valence-electron chi connectivity index (χ2n) is 14.4. The van der Waals surface area contributed by atoms with Crippen LogP contribution in [-0.2, 0) is 35.3 Å². The molecule has 0 saturated carbocycles. The molecule has 0 saturated heterocycles. The Morgan fingerprint density at radius 1 is 0.823 bits per heavy atom. The van der Waals surface area contributed by atoms with Crippen molar-refractivity contribution in [2.75, 3.05) is 35.4 Å². The fourth-order valence-electron chi connectivity index (χ4n) is 5.80. The van der Waals surface area contributed by atoms with Crippen LogP contribution in [0.5, 0.6) is 0 Å². The van der Waals surface area contributed by atoms with Crippen LogP contribution < -0.4 is 48.9 Å². The molecule has 0 aliphatic heterocycles. The van der Waals surface area contributed by atoms with Crippen molar-refractivity contribution in [3.05, 3.63) is 52.1 Å². The highest BCUT2D eigenvalue weighted by atomic mass is 32.2. The molecule has 3 rings (SSSR count). The number of nitrogens with two attached hydrogens (primary N) is 2. The van der Waals surface area contributed by atoms with Gasteiger partial charge in [-0.3, -0.25) is 33.8 Å². The van der Waals surface area contributed by atoms with Gasteiger partial charge in [0.05, 0.1) is 18.4 Å². The van der Waals surface area contributed by atoms with E-state index >= 15 is 0 Å². The minimum absolute atomic E-state index is 0.0171. The Hall–Kier alpha value is -6.01. The van der Waals surface area contributed by atoms with E-state index in [1.54, 1.807) is 32.2 Å². The molecule has 24 heteroatoms. The molecule has 2 aromatic heterocycles. The molecular formula is C38H54N12O10S2. The largest absolute Gasteiger partial charge is 0.480 e. The number of nitrogens with one attached hydrogen (secondary N) is 7. The summed E-state index contributed by atoms with van der Waals surface area (Å²) in [6.07, 6.45) is 3.81. The van der Waals surface area contributed by atoms with Crippen molar-refractivity contribution in [2.45, 2.75) is 89.1 Å². The van der Waals surface area contributed by atoms with Crippen molar-refractivity contribution >= 4 is 88.7 Å². The second kappa shape index (κ2) is 25.1. The van der Waals surface area contributed by atoms with E-state index in [2.05, 4.69) is 64.5 Å². The third kappa shape index (κ3) is 15.8. The number of aromatic amines is 1. The SMILES string of the molecule is CSCC[C@@H](NC(=O)CCC(NC(=O)c1ccc(NCc2cnc3nc(N)[nH]c(=O)c3n2)cc1)C(=O)O)C(=O)N[C@@H](C(=O)N[C@H](CCCCN)C(=O)N[C@H](CS)C(=O)O)C(C)C. The van der Waals surface area contributed by atoms with Gasteiger partial charge in [0.25, 0.3) is 11.5 Å². The fraction of sp³-hybridized carbons (Fsp3) is 0.500. The number of carboxylic acids is 2. The van der Waals surface area contributed by atoms with Gasteiger partial charge < -0.3 is 53.6 Å². The molecule has 0 bridgehead atoms. The summed E-state index contributed by atoms with van der Waals surface area (Å²) in [6.45, 7) is 3.83. The molecule has 5 atom stereocenters. The lowest BCUT2D eigenvalue weighted by atomic mass is 10.0. The number of amides is 5. The molecule has 3 aromatic rings. The van der Waals surface area contributed by atoms with E-state index in [-0.39, 0.29) is 60.7 Å². The summed E-state index contributed by atoms with van der Waals surface area (Å²) in [5, 5.41) is 35.0. The van der Waals surface area contributed by atoms with Crippen molar-refractivity contribution in [2.24, 2.45) is 11.7 Å². The molecule has 0 aliphatic carbocycles. The molecule has 2 heterocycles. The Bertz CT molecular complexity index is 2110. The van der Waals surface area contributed by atoms with Gasteiger partial charge in [0.15, 0.2) is 11.2 Å². The van der Waals surface area contributed by atoms with Crippen molar-refractivity contribution in [1.82, 2.24) is 46.5 Å². The normalized spacial score (nSPS) is 13.5. The lowest BCUT2D eigenvalue weighted by molar-refractivity contribution is -0.141. The number of nitrogens with zero attached hydrogens (tertiary/aromatic N) is 3. The number of carbonyl (C=O) groups is 7. The maximum absolute atomic E-state index is 13.6. The first kappa shape index (κ1) is 50.3. The van der Waals surface area contributed by atoms with Crippen LogP contribution in [0.25, 0.3) is 11.2 Å². The summed E-state index contributed by atoms with van der Waals surface area (Å²) >= 11 is 5.37. The lowest BCUT2D eigenvalue weighted by Gasteiger charge is -2.28. The fourth-order valence-corrected chi connectivity index (χ4v) is 6.52. The first-order chi connectivity index (χ1) is 29.5. The highest BCUT2D eigenvalue weighted by Crippen LogP contribution is 2.14. The molecule has 0 aliphatic rings. The number of rotatable bonds is 26. The lowest BCUT2D eigenvalue weighted by Crippen LogP contribution is -2.59. The highest BCUT2D eigenvalue weighted by molar-refractivity contribution is 7.98. The summed E-state index contributed by atoms with van der Waals surface area (Å²) in [5.74, 6) is -6.56. The number of carboxylic acid groups (broad SMARTS) is 2. The Balaban J connectivity index is 1.60. The second-order valence-corrected chi connectivity index (χ2v) is 15.7. The maximum Gasteiger partial charge on any atom is 0.327 e. The maximum atomic E-state index is 13.6. The van der Waals surface area contributed by atoms with Crippen LogP contribution >= 0.6 is 24.4 Å². The number of hydrogen-bond donors (Lipinski definition) is 12. The number of nitrogen functional groups attached to an aromatic ring is 1. The molecule has 13 N–H and O–H groups in total. The number of carbonyl (C=O) groups excluding carboxylic acids is 5. The van der Waals surface area contributed by atoms with Crippen LogP contribution in [0.4, 0.5) is 11.6 Å². The molecule has 0 spiro atoms. The van der Waals surface area contributed by atoms with Gasteiger partial charge in [0, 0.05) is 23.4 Å². The smallest absolute Gasteiger partial charge is 0.327 e. The average molecular weight is 903 g/mol. The molecule has 5 amide bonds. The number of thioether (sulfide) groups is 1. The molecule has 0 radical (unpaired) electrons. The first-order valence-corrected chi connectivity index (χ1v) is 21.6. The minimum Gasteiger partial charge on any atom is -0.480 e. The van der Waals surface area contributed by atoms with Crippen LogP contribution in [0, 0.1) is 5.92 Å². The number of hydrogen-bond acceptors (Lipinski definition) is 16. The first-order valence-electron chi connectivity index (χ1n) is 19.6. The van der Waals surface area contributed by atoms with E-state index in [0.29, 0.717) is 36.5 Å². The van der Waals surface area contributed by atoms with E-state index < -0.39 is 83.2 Å². The van der Waals surface area contributed by atoms with Crippen molar-refractivity contribution < 1.29 is 43.8 Å². The van der Waals surface area contributed by atoms with Crippen LogP contribution in [0.3, 0.4) is 0 Å². The number of unbranched alkanes of at least 4 members (excludes halogenated alkanes) is 1. The molecule has 1 unspecified atom stereocenters. The van der Waals surface area contributed by atoms with Gasteiger partial charge in [0.2, 0.25) is 29.6 Å². The van der Waals surface area contributed by atoms with Gasteiger partial charge in [-0.2, -0.15) is 29.4 Å². The molecular weight excluding hydrogens is 849 g/mol. The third-order valence-corrected chi connectivity index (χ3v) is 10.3. The molecule has 1 aromatic carbocycles. The van der Waals surface area contributed by atoms with Crippen LogP contribution in [0.1, 0.15) is 68.4 Å². The topological polar surface area (TPSA) is 356 Å². The molecule has 338 valence electrons. The number of aromatic nitrogens is 4. The van der Waals surface area contributed by atoms with E-state index in [9.17, 15) is 48.6 Å². The quantitative estimate of drug-likeness (QED) is 0.0352. The monoisotopic (exact) mass is 902 g/mol. The number of aliphatic carboxylic acids is 2. The van der Waals surface area contributed by atoms with Gasteiger partial charge in [-0.05, 0) is 80.8 Å². The number of thiol groups is 1. The zero-order valence-electron chi connectivity index (χ0n) is 34.4. The van der Waals surface area contributed by atoms with E-state index in [0.717, 1.165) is 0 Å². The Morgan fingerprint density at radius 2 is 1.47 bits per heavy atom. The van der Waals surface area contributed by atoms with Crippen LogP contribution in [0.15, 0.2) is 35.3 Å². The minimum atomic E-state index is -1.47. The average Bonchev–Trinajstić information content (AvgIpc) is 3.23. The van der Waals surface area contributed by atoms with Gasteiger partial charge in [-0.25, -0.2) is 19.6 Å². The molecule has 22 nitrogen and oxygen atoms in total. The van der Waals surface area contributed by atoms with Crippen LogP contribution in [0.2, 0.25) is 0 Å². The van der Waals surface area contributed by atoms with Crippen molar-refractivity contribution in [1.29, 1.82) is 0 Å². The van der Waals surface area contributed by atoms with E-state index in [4.69, 9.17) is 11.5 Å². The van der Waals surface area contributed by atoms with E-state index in [1.165, 1.54) is 30.1 Å². The van der Waals surface area contributed by atoms with Crippen molar-refractivity contribution in [3.63, 3.8) is 0 Å². The predicted octanol–water partition coefficient (Wildman–Crippen LogP) is -0.638. The predicted molar refractivity (Wildman–Crippen MR) is 234 cm³/mol. The van der Waals surface area contributed by atoms with Crippen LogP contribution in [-0.4, -0.2) is 126 Å². The third-order valence-electron chi connectivity index (χ3n) is 9.26. The summed E-state index contributed by atoms with van der Waals surface area (Å²) < 4.78 is 0. The van der Waals surface area contributed by atoms with Gasteiger partial charge in [-0.15, -0.1) is 0 Å². The standard InChI is InChI=1S/C38H54N12O10S2/c1-19(2)28(34(55)45-23(6-4-5-14-39)32(53)47-26(18-61)37(59)60)48-33(54)24(13-15-62-3)44-27(51)12-11-25(36(57)58)46-31(52)20-7-9-21(10-8-20)41-16-22-17-42-30-29(43-22)35(56)50-38(40)49-30/h7-10,17,19,23-26,28,41,61H,4-6,11-16,18,39H2,1-3H3,(H,44,51)(H,45,55)(H,46,52)(H,47,53)(H,48,54)(H,57,58)(H,59,60)(H3,40,42,49,50,56)/t23-,24-,25?,26-,28-/m1/s1. The number of benzene rings is 1. The van der Waals surface area contributed by atoms with Gasteiger partial charge >= 0.3 is 11.9 Å². The summed E-state index contributed by atoms with van der Waals surface area (Å²) in [7, 11) is 0. The summed E-state index contributed by atoms with van der Waals surface area (Å²) in [6, 6.07) is -0.124. The number of fused-ring (bicyclic) bond motifs is 1. The Labute approximate surface area is 366 Å². The zero-order valence-corrected chi connectivity index (χ0v) is 36.1. The molecule has 62 heavy (non-hydrogen) atoms. The van der Waals surface area contributed by atoms with Gasteiger partial charge in [-0.1, -0.05) is 13.8 Å². The van der Waals surface area contributed by atoms with E-state index in [1.807, 2.05) is 0 Å². The Kier molecular flexibility index (Phi) is 20.3. The van der Waals surface area contributed by atoms with Gasteiger partial charge in [0.1, 0.15) is 30.2 Å². The van der Waals surface area contributed by atoms with Crippen molar-refractivity contribution in [3.8, 4) is 0 Å². The molecule has 0 fully saturated rings. The number of anilines is 2. The highest BCUT2D eigenvalue weighted by Gasteiger charge is 2.33. The summed E-state index contributed by atoms with van der Waals surface area (Å²) in [4.78, 5) is 117.